The van der Waals surface area contributed by atoms with Crippen LogP contribution in [0.15, 0.2) is 22.7 Å². The van der Waals surface area contributed by atoms with Gasteiger partial charge < -0.3 is 4.90 Å². The van der Waals surface area contributed by atoms with Crippen molar-refractivity contribution in [2.24, 2.45) is 11.8 Å². The third-order valence-corrected chi connectivity index (χ3v) is 5.60. The molecule has 2 aliphatic rings. The van der Waals surface area contributed by atoms with E-state index in [0.29, 0.717) is 5.88 Å². The average Bonchev–Trinajstić information content (AvgIpc) is 2.46. The predicted octanol–water partition coefficient (Wildman–Crippen LogP) is 5.20. The molecule has 0 spiro atoms. The molecule has 1 heterocycles. The Morgan fingerprint density at radius 1 is 1.16 bits per heavy atom. The van der Waals surface area contributed by atoms with Gasteiger partial charge in [-0.2, -0.15) is 0 Å². The van der Waals surface area contributed by atoms with E-state index >= 15 is 0 Å². The second kappa shape index (κ2) is 6.05. The van der Waals surface area contributed by atoms with Crippen LogP contribution in [0.4, 0.5) is 5.69 Å². The lowest BCUT2D eigenvalue weighted by molar-refractivity contribution is 0.202. The second-order valence-electron chi connectivity index (χ2n) is 5.95. The van der Waals surface area contributed by atoms with Crippen molar-refractivity contribution in [1.82, 2.24) is 0 Å². The highest BCUT2D eigenvalue weighted by molar-refractivity contribution is 9.10. The molecule has 2 unspecified atom stereocenters. The van der Waals surface area contributed by atoms with Crippen molar-refractivity contribution >= 4 is 33.2 Å². The van der Waals surface area contributed by atoms with E-state index in [9.17, 15) is 0 Å². The summed E-state index contributed by atoms with van der Waals surface area (Å²) in [5, 5.41) is 0. The van der Waals surface area contributed by atoms with Crippen molar-refractivity contribution in [3.8, 4) is 0 Å². The van der Waals surface area contributed by atoms with E-state index in [2.05, 4.69) is 39.0 Å². The van der Waals surface area contributed by atoms with Crippen LogP contribution in [0.5, 0.6) is 0 Å². The Balaban J connectivity index is 1.79. The number of alkyl halides is 1. The number of hydrogen-bond acceptors (Lipinski definition) is 1. The maximum atomic E-state index is 6.11. The van der Waals surface area contributed by atoms with E-state index < -0.39 is 0 Å². The maximum Gasteiger partial charge on any atom is 0.0494 e. The van der Waals surface area contributed by atoms with E-state index in [0.717, 1.165) is 16.3 Å². The Kier molecular flexibility index (Phi) is 4.38. The van der Waals surface area contributed by atoms with E-state index in [1.165, 1.54) is 56.4 Å². The van der Waals surface area contributed by atoms with Gasteiger partial charge in [0.1, 0.15) is 0 Å². The fraction of sp³-hybridized carbons (Fsp3) is 0.625. The lowest BCUT2D eigenvalue weighted by Gasteiger charge is -2.42. The van der Waals surface area contributed by atoms with Crippen LogP contribution in [0.2, 0.25) is 0 Å². The molecule has 2 atom stereocenters. The molecule has 1 saturated heterocycles. The summed E-state index contributed by atoms with van der Waals surface area (Å²) in [5.74, 6) is 2.49. The van der Waals surface area contributed by atoms with Gasteiger partial charge >= 0.3 is 0 Å². The molecule has 3 heteroatoms. The Morgan fingerprint density at radius 3 is 2.74 bits per heavy atom. The number of nitrogens with zero attached hydrogens (tertiary/aromatic N) is 1. The molecule has 1 aromatic carbocycles. The summed E-state index contributed by atoms with van der Waals surface area (Å²) in [4.78, 5) is 2.57. The maximum absolute atomic E-state index is 6.11. The number of piperidine rings is 1. The van der Waals surface area contributed by atoms with E-state index in [1.807, 2.05) is 0 Å². The molecule has 1 nitrogen and oxygen atoms in total. The third kappa shape index (κ3) is 2.95. The van der Waals surface area contributed by atoms with Crippen molar-refractivity contribution in [2.75, 3.05) is 18.0 Å². The molecule has 19 heavy (non-hydrogen) atoms. The highest BCUT2D eigenvalue weighted by atomic mass is 79.9. The molecular formula is C16H21BrClN. The zero-order valence-corrected chi connectivity index (χ0v) is 13.6. The zero-order chi connectivity index (χ0) is 13.2. The summed E-state index contributed by atoms with van der Waals surface area (Å²) in [6.45, 7) is 2.43. The second-order valence-corrected chi connectivity index (χ2v) is 7.13. The van der Waals surface area contributed by atoms with Crippen molar-refractivity contribution in [3.05, 3.63) is 28.2 Å². The first kappa shape index (κ1) is 13.8. The molecule has 0 aromatic heterocycles. The number of anilines is 1. The molecule has 0 bridgehead atoms. The Bertz CT molecular complexity index is 448. The normalized spacial score (nSPS) is 27.2. The molecule has 0 radical (unpaired) electrons. The molecule has 1 aliphatic heterocycles. The summed E-state index contributed by atoms with van der Waals surface area (Å²) in [6.07, 6.45) is 7.13. The number of halogens is 2. The summed E-state index contributed by atoms with van der Waals surface area (Å²) in [5.41, 5.74) is 2.60. The number of hydrogen-bond donors (Lipinski definition) is 0. The van der Waals surface area contributed by atoms with Gasteiger partial charge in [-0.3, -0.25) is 0 Å². The summed E-state index contributed by atoms with van der Waals surface area (Å²) >= 11 is 9.65. The number of fused-ring (bicyclic) bond motifs is 1. The van der Waals surface area contributed by atoms with Gasteiger partial charge in [-0.25, -0.2) is 0 Å². The molecular weight excluding hydrogens is 322 g/mol. The van der Waals surface area contributed by atoms with Crippen LogP contribution < -0.4 is 4.90 Å². The Morgan fingerprint density at radius 2 is 1.95 bits per heavy atom. The van der Waals surface area contributed by atoms with Crippen LogP contribution in [-0.2, 0) is 5.88 Å². The van der Waals surface area contributed by atoms with Gasteiger partial charge in [0.25, 0.3) is 0 Å². The van der Waals surface area contributed by atoms with Crippen molar-refractivity contribution in [2.45, 2.75) is 38.0 Å². The van der Waals surface area contributed by atoms with E-state index in [-0.39, 0.29) is 0 Å². The van der Waals surface area contributed by atoms with Gasteiger partial charge in [0.05, 0.1) is 0 Å². The Hall–Kier alpha value is -0.210. The first-order valence-electron chi connectivity index (χ1n) is 7.37. The molecule has 3 rings (SSSR count). The SMILES string of the molecule is ClCc1cc(Br)ccc1N1CCC2CCCCC2C1. The lowest BCUT2D eigenvalue weighted by atomic mass is 9.75. The van der Waals surface area contributed by atoms with Gasteiger partial charge in [-0.1, -0.05) is 35.2 Å². The monoisotopic (exact) mass is 341 g/mol. The van der Waals surface area contributed by atoms with Crippen LogP contribution >= 0.6 is 27.5 Å². The van der Waals surface area contributed by atoms with Gasteiger partial charge in [0.15, 0.2) is 0 Å². The fourth-order valence-electron chi connectivity index (χ4n) is 3.79. The van der Waals surface area contributed by atoms with Gasteiger partial charge in [0.2, 0.25) is 0 Å². The standard InChI is InChI=1S/C16H21BrClN/c17-15-5-6-16(14(9-15)10-18)19-8-7-12-3-1-2-4-13(12)11-19/h5-6,9,12-13H,1-4,7-8,10-11H2. The molecule has 1 aromatic rings. The number of benzene rings is 1. The third-order valence-electron chi connectivity index (χ3n) is 4.82. The number of rotatable bonds is 2. The minimum absolute atomic E-state index is 0.597. The summed E-state index contributed by atoms with van der Waals surface area (Å²) in [6, 6.07) is 6.53. The fourth-order valence-corrected chi connectivity index (χ4v) is 4.41. The van der Waals surface area contributed by atoms with Gasteiger partial charge in [-0.05, 0) is 48.4 Å². The smallest absolute Gasteiger partial charge is 0.0494 e. The largest absolute Gasteiger partial charge is 0.371 e. The van der Waals surface area contributed by atoms with Crippen LogP contribution in [-0.4, -0.2) is 13.1 Å². The topological polar surface area (TPSA) is 3.24 Å². The average molecular weight is 343 g/mol. The van der Waals surface area contributed by atoms with E-state index in [1.54, 1.807) is 0 Å². The van der Waals surface area contributed by atoms with Crippen LogP contribution in [0.25, 0.3) is 0 Å². The van der Waals surface area contributed by atoms with Crippen molar-refractivity contribution in [3.63, 3.8) is 0 Å². The molecule has 2 fully saturated rings. The highest BCUT2D eigenvalue weighted by Crippen LogP contribution is 2.38. The predicted molar refractivity (Wildman–Crippen MR) is 86.0 cm³/mol. The lowest BCUT2D eigenvalue weighted by Crippen LogP contribution is -2.42. The van der Waals surface area contributed by atoms with Crippen LogP contribution in [0.3, 0.4) is 0 Å². The van der Waals surface area contributed by atoms with Gasteiger partial charge in [0, 0.05) is 29.1 Å². The first-order valence-corrected chi connectivity index (χ1v) is 8.70. The zero-order valence-electron chi connectivity index (χ0n) is 11.2. The van der Waals surface area contributed by atoms with Crippen molar-refractivity contribution in [1.29, 1.82) is 0 Å². The Labute approximate surface area is 129 Å². The molecule has 1 saturated carbocycles. The highest BCUT2D eigenvalue weighted by Gasteiger charge is 2.31. The summed E-state index contributed by atoms with van der Waals surface area (Å²) in [7, 11) is 0. The van der Waals surface area contributed by atoms with E-state index in [4.69, 9.17) is 11.6 Å². The van der Waals surface area contributed by atoms with Crippen LogP contribution in [0.1, 0.15) is 37.7 Å². The van der Waals surface area contributed by atoms with Crippen LogP contribution in [0, 0.1) is 11.8 Å². The quantitative estimate of drug-likeness (QED) is 0.667. The molecule has 104 valence electrons. The summed E-state index contributed by atoms with van der Waals surface area (Å²) < 4.78 is 1.12. The van der Waals surface area contributed by atoms with Gasteiger partial charge in [-0.15, -0.1) is 11.6 Å². The molecule has 0 amide bonds. The molecule has 0 N–H and O–H groups in total. The first-order chi connectivity index (χ1) is 9.28. The van der Waals surface area contributed by atoms with Crippen molar-refractivity contribution < 1.29 is 0 Å². The minimum Gasteiger partial charge on any atom is -0.371 e. The minimum atomic E-state index is 0.597. The molecule has 1 aliphatic carbocycles.